The molecule has 80 valence electrons. The van der Waals surface area contributed by atoms with Gasteiger partial charge in [0.2, 0.25) is 0 Å². The van der Waals surface area contributed by atoms with Crippen LogP contribution in [0.15, 0.2) is 18.2 Å². The first-order valence-corrected chi connectivity index (χ1v) is 5.02. The fourth-order valence-electron chi connectivity index (χ4n) is 1.28. The molecule has 0 saturated carbocycles. The Morgan fingerprint density at radius 1 is 1.60 bits per heavy atom. The van der Waals surface area contributed by atoms with Crippen LogP contribution in [0, 0.1) is 11.3 Å². The predicted octanol–water partition coefficient (Wildman–Crippen LogP) is 2.03. The molecule has 1 atom stereocenters. The Morgan fingerprint density at radius 3 is 2.80 bits per heavy atom. The Kier molecular flexibility index (Phi) is 3.96. The number of aliphatic hydroxyl groups excluding tert-OH is 1. The summed E-state index contributed by atoms with van der Waals surface area (Å²) in [5, 5.41) is 18.5. The number of hydrogen-bond acceptors (Lipinski definition) is 3. The van der Waals surface area contributed by atoms with E-state index in [0.717, 1.165) is 5.69 Å². The fraction of sp³-hybridized carbons (Fsp3) is 0.364. The van der Waals surface area contributed by atoms with E-state index in [1.54, 1.807) is 12.1 Å². The van der Waals surface area contributed by atoms with E-state index in [4.69, 9.17) is 22.0 Å². The van der Waals surface area contributed by atoms with E-state index in [0.29, 0.717) is 10.6 Å². The van der Waals surface area contributed by atoms with Crippen molar-refractivity contribution >= 4 is 17.3 Å². The maximum Gasteiger partial charge on any atom is 0.103 e. The summed E-state index contributed by atoms with van der Waals surface area (Å²) in [6, 6.07) is 7.31. The van der Waals surface area contributed by atoms with Crippen LogP contribution in [-0.2, 0) is 0 Å². The minimum Gasteiger partial charge on any atom is -0.394 e. The van der Waals surface area contributed by atoms with Crippen molar-refractivity contribution in [3.63, 3.8) is 0 Å². The van der Waals surface area contributed by atoms with Crippen molar-refractivity contribution in [1.82, 2.24) is 0 Å². The van der Waals surface area contributed by atoms with Crippen molar-refractivity contribution in [1.29, 1.82) is 5.26 Å². The van der Waals surface area contributed by atoms with E-state index in [-0.39, 0.29) is 12.6 Å². The first-order chi connectivity index (χ1) is 7.11. The van der Waals surface area contributed by atoms with E-state index < -0.39 is 0 Å². The number of nitriles is 1. The first-order valence-electron chi connectivity index (χ1n) is 4.64. The van der Waals surface area contributed by atoms with Crippen molar-refractivity contribution < 1.29 is 5.11 Å². The zero-order chi connectivity index (χ0) is 11.4. The minimum absolute atomic E-state index is 0.0356. The van der Waals surface area contributed by atoms with E-state index in [1.165, 1.54) is 0 Å². The van der Waals surface area contributed by atoms with Gasteiger partial charge in [0.25, 0.3) is 0 Å². The highest BCUT2D eigenvalue weighted by atomic mass is 35.5. The molecule has 4 heteroatoms. The number of halogens is 1. The highest BCUT2D eigenvalue weighted by molar-refractivity contribution is 6.32. The molecule has 0 aromatic heterocycles. The smallest absolute Gasteiger partial charge is 0.103 e. The Morgan fingerprint density at radius 2 is 2.27 bits per heavy atom. The van der Waals surface area contributed by atoms with Crippen LogP contribution in [0.25, 0.3) is 0 Å². The predicted molar refractivity (Wildman–Crippen MR) is 61.1 cm³/mol. The van der Waals surface area contributed by atoms with Crippen molar-refractivity contribution in [2.45, 2.75) is 13.0 Å². The standard InChI is InChI=1S/C11H13ClN2O/c1-8(7-15)14(2)11-5-3-4-10(12)9(11)6-13/h3-5,8,15H,7H2,1-2H3. The van der Waals surface area contributed by atoms with Gasteiger partial charge in [-0.05, 0) is 19.1 Å². The molecule has 3 nitrogen and oxygen atoms in total. The van der Waals surface area contributed by atoms with Crippen LogP contribution in [-0.4, -0.2) is 24.8 Å². The zero-order valence-electron chi connectivity index (χ0n) is 8.74. The van der Waals surface area contributed by atoms with Gasteiger partial charge in [-0.25, -0.2) is 0 Å². The topological polar surface area (TPSA) is 47.3 Å². The lowest BCUT2D eigenvalue weighted by atomic mass is 10.1. The highest BCUT2D eigenvalue weighted by Gasteiger charge is 2.14. The molecule has 0 amide bonds. The number of rotatable bonds is 3. The van der Waals surface area contributed by atoms with E-state index in [9.17, 15) is 0 Å². The molecule has 0 spiro atoms. The third-order valence-corrected chi connectivity index (χ3v) is 2.72. The number of likely N-dealkylation sites (N-methyl/N-ethyl adjacent to an activating group) is 1. The second kappa shape index (κ2) is 5.01. The van der Waals surface area contributed by atoms with Crippen molar-refractivity contribution in [3.05, 3.63) is 28.8 Å². The molecule has 1 N–H and O–H groups in total. The van der Waals surface area contributed by atoms with Crippen LogP contribution in [0.3, 0.4) is 0 Å². The number of aliphatic hydroxyl groups is 1. The van der Waals surface area contributed by atoms with Gasteiger partial charge in [-0.1, -0.05) is 17.7 Å². The molecular weight excluding hydrogens is 212 g/mol. The molecule has 15 heavy (non-hydrogen) atoms. The zero-order valence-corrected chi connectivity index (χ0v) is 9.49. The van der Waals surface area contributed by atoms with Gasteiger partial charge >= 0.3 is 0 Å². The first kappa shape index (κ1) is 11.8. The van der Waals surface area contributed by atoms with Crippen LogP contribution in [0.5, 0.6) is 0 Å². The number of anilines is 1. The van der Waals surface area contributed by atoms with Crippen LogP contribution in [0.1, 0.15) is 12.5 Å². The summed E-state index contributed by atoms with van der Waals surface area (Å²) in [6.07, 6.45) is 0. The van der Waals surface area contributed by atoms with Crippen molar-refractivity contribution in [3.8, 4) is 6.07 Å². The van der Waals surface area contributed by atoms with E-state index in [1.807, 2.05) is 24.9 Å². The molecule has 1 unspecified atom stereocenters. The molecule has 0 heterocycles. The molecule has 0 aliphatic carbocycles. The molecule has 0 aliphatic rings. The number of nitrogens with zero attached hydrogens (tertiary/aromatic N) is 2. The summed E-state index contributed by atoms with van der Waals surface area (Å²) in [5.74, 6) is 0. The molecule has 0 bridgehead atoms. The second-order valence-electron chi connectivity index (χ2n) is 3.39. The molecule has 0 radical (unpaired) electrons. The van der Waals surface area contributed by atoms with Gasteiger partial charge in [0.05, 0.1) is 22.9 Å². The summed E-state index contributed by atoms with van der Waals surface area (Å²) in [6.45, 7) is 1.91. The summed E-state index contributed by atoms with van der Waals surface area (Å²) in [5.41, 5.74) is 1.19. The maximum atomic E-state index is 9.04. The van der Waals surface area contributed by atoms with Crippen LogP contribution in [0.2, 0.25) is 5.02 Å². The van der Waals surface area contributed by atoms with Crippen LogP contribution >= 0.6 is 11.6 Å². The lowest BCUT2D eigenvalue weighted by Crippen LogP contribution is -2.32. The molecular formula is C11H13ClN2O. The maximum absolute atomic E-state index is 9.04. The lowest BCUT2D eigenvalue weighted by molar-refractivity contribution is 0.270. The Balaban J connectivity index is 3.15. The molecule has 1 aromatic rings. The van der Waals surface area contributed by atoms with Gasteiger partial charge in [0.1, 0.15) is 6.07 Å². The molecule has 1 rings (SSSR count). The van der Waals surface area contributed by atoms with Crippen molar-refractivity contribution in [2.75, 3.05) is 18.6 Å². The van der Waals surface area contributed by atoms with Gasteiger partial charge in [0, 0.05) is 13.1 Å². The third kappa shape index (κ3) is 2.41. The highest BCUT2D eigenvalue weighted by Crippen LogP contribution is 2.26. The quantitative estimate of drug-likeness (QED) is 0.855. The Bertz CT molecular complexity index is 387. The van der Waals surface area contributed by atoms with Crippen molar-refractivity contribution in [2.24, 2.45) is 0 Å². The lowest BCUT2D eigenvalue weighted by Gasteiger charge is -2.26. The minimum atomic E-state index is -0.0458. The molecule has 0 saturated heterocycles. The Hall–Kier alpha value is -1.24. The molecule has 0 aliphatic heterocycles. The summed E-state index contributed by atoms with van der Waals surface area (Å²) >= 11 is 5.91. The monoisotopic (exact) mass is 224 g/mol. The van der Waals surface area contributed by atoms with Gasteiger partial charge in [-0.2, -0.15) is 5.26 Å². The van der Waals surface area contributed by atoms with E-state index in [2.05, 4.69) is 6.07 Å². The average molecular weight is 225 g/mol. The molecule has 0 fully saturated rings. The Labute approximate surface area is 94.5 Å². The normalized spacial score (nSPS) is 11.9. The van der Waals surface area contributed by atoms with Gasteiger partial charge in [-0.15, -0.1) is 0 Å². The summed E-state index contributed by atoms with van der Waals surface area (Å²) in [7, 11) is 1.83. The SMILES string of the molecule is CC(CO)N(C)c1cccc(Cl)c1C#N. The third-order valence-electron chi connectivity index (χ3n) is 2.41. The second-order valence-corrected chi connectivity index (χ2v) is 3.80. The molecule has 1 aromatic carbocycles. The van der Waals surface area contributed by atoms with Gasteiger partial charge in [0.15, 0.2) is 0 Å². The number of hydrogen-bond donors (Lipinski definition) is 1. The van der Waals surface area contributed by atoms with Gasteiger partial charge < -0.3 is 10.0 Å². The van der Waals surface area contributed by atoms with Crippen LogP contribution < -0.4 is 4.90 Å². The average Bonchev–Trinajstić information content (AvgIpc) is 2.26. The van der Waals surface area contributed by atoms with Crippen LogP contribution in [0.4, 0.5) is 5.69 Å². The number of benzene rings is 1. The fourth-order valence-corrected chi connectivity index (χ4v) is 1.49. The summed E-state index contributed by atoms with van der Waals surface area (Å²) < 4.78 is 0. The van der Waals surface area contributed by atoms with Gasteiger partial charge in [-0.3, -0.25) is 0 Å². The summed E-state index contributed by atoms with van der Waals surface area (Å²) in [4.78, 5) is 1.84. The largest absolute Gasteiger partial charge is 0.394 e. The van der Waals surface area contributed by atoms with E-state index >= 15 is 0 Å².